The SMILES string of the molecule is CCC(COC(=O)c1ccccc1)c1nnc(-c2ccccc2)o1. The second kappa shape index (κ2) is 7.55. The Labute approximate surface area is 140 Å². The summed E-state index contributed by atoms with van der Waals surface area (Å²) in [7, 11) is 0. The standard InChI is InChI=1S/C19H18N2O3/c1-2-14(13-23-19(22)16-11-7-4-8-12-16)17-20-21-18(24-17)15-9-5-3-6-10-15/h3-12,14H,2,13H2,1H3. The quantitative estimate of drug-likeness (QED) is 0.640. The van der Waals surface area contributed by atoms with Gasteiger partial charge in [0.1, 0.15) is 6.61 Å². The van der Waals surface area contributed by atoms with E-state index in [2.05, 4.69) is 10.2 Å². The van der Waals surface area contributed by atoms with Crippen molar-refractivity contribution >= 4 is 5.97 Å². The lowest BCUT2D eigenvalue weighted by atomic mass is 10.1. The van der Waals surface area contributed by atoms with E-state index in [1.807, 2.05) is 43.3 Å². The van der Waals surface area contributed by atoms with Crippen molar-refractivity contribution in [3.05, 3.63) is 72.1 Å². The molecule has 3 rings (SSSR count). The molecule has 0 spiro atoms. The highest BCUT2D eigenvalue weighted by Crippen LogP contribution is 2.24. The summed E-state index contributed by atoms with van der Waals surface area (Å²) in [6, 6.07) is 18.5. The number of hydrogen-bond donors (Lipinski definition) is 0. The summed E-state index contributed by atoms with van der Waals surface area (Å²) in [6.45, 7) is 2.20. The van der Waals surface area contributed by atoms with Crippen LogP contribution >= 0.6 is 0 Å². The van der Waals surface area contributed by atoms with Crippen LogP contribution in [-0.2, 0) is 4.74 Å². The molecular weight excluding hydrogens is 304 g/mol. The normalized spacial score (nSPS) is 11.9. The van der Waals surface area contributed by atoms with E-state index in [9.17, 15) is 4.79 Å². The largest absolute Gasteiger partial charge is 0.461 e. The molecule has 1 unspecified atom stereocenters. The van der Waals surface area contributed by atoms with Gasteiger partial charge in [0.2, 0.25) is 11.8 Å². The van der Waals surface area contributed by atoms with Crippen LogP contribution in [0.5, 0.6) is 0 Å². The number of carbonyl (C=O) groups is 1. The van der Waals surface area contributed by atoms with Gasteiger partial charge in [-0.1, -0.05) is 43.3 Å². The van der Waals surface area contributed by atoms with Crippen molar-refractivity contribution in [2.24, 2.45) is 0 Å². The van der Waals surface area contributed by atoms with Gasteiger partial charge in [0, 0.05) is 5.56 Å². The minimum absolute atomic E-state index is 0.123. The van der Waals surface area contributed by atoms with Crippen molar-refractivity contribution in [2.45, 2.75) is 19.3 Å². The summed E-state index contributed by atoms with van der Waals surface area (Å²) in [5.41, 5.74) is 1.40. The molecule has 0 bridgehead atoms. The first-order valence-electron chi connectivity index (χ1n) is 7.89. The maximum absolute atomic E-state index is 12.0. The molecule has 1 atom stereocenters. The second-order valence-electron chi connectivity index (χ2n) is 5.38. The summed E-state index contributed by atoms with van der Waals surface area (Å²) in [6.07, 6.45) is 0.735. The smallest absolute Gasteiger partial charge is 0.338 e. The Morgan fingerprint density at radius 2 is 1.71 bits per heavy atom. The van der Waals surface area contributed by atoms with E-state index in [4.69, 9.17) is 9.15 Å². The molecule has 0 aliphatic heterocycles. The highest BCUT2D eigenvalue weighted by molar-refractivity contribution is 5.89. The molecule has 2 aromatic carbocycles. The number of aromatic nitrogens is 2. The molecule has 1 aromatic heterocycles. The summed E-state index contributed by atoms with van der Waals surface area (Å²) < 4.78 is 11.1. The zero-order valence-electron chi connectivity index (χ0n) is 13.4. The average molecular weight is 322 g/mol. The van der Waals surface area contributed by atoms with Crippen molar-refractivity contribution in [3.8, 4) is 11.5 Å². The van der Waals surface area contributed by atoms with Gasteiger partial charge in [-0.25, -0.2) is 4.79 Å². The fourth-order valence-corrected chi connectivity index (χ4v) is 2.29. The lowest BCUT2D eigenvalue weighted by Gasteiger charge is -2.11. The first-order chi connectivity index (χ1) is 11.8. The van der Waals surface area contributed by atoms with Gasteiger partial charge in [-0.3, -0.25) is 0 Å². The first kappa shape index (κ1) is 15.9. The minimum atomic E-state index is -0.350. The van der Waals surface area contributed by atoms with E-state index in [0.29, 0.717) is 17.3 Å². The van der Waals surface area contributed by atoms with Crippen LogP contribution in [0.4, 0.5) is 0 Å². The monoisotopic (exact) mass is 322 g/mol. The van der Waals surface area contributed by atoms with Gasteiger partial charge < -0.3 is 9.15 Å². The highest BCUT2D eigenvalue weighted by Gasteiger charge is 2.20. The molecule has 0 saturated heterocycles. The lowest BCUT2D eigenvalue weighted by molar-refractivity contribution is 0.0467. The van der Waals surface area contributed by atoms with Crippen molar-refractivity contribution in [1.29, 1.82) is 0 Å². The fourth-order valence-electron chi connectivity index (χ4n) is 2.29. The van der Waals surface area contributed by atoms with E-state index in [1.54, 1.807) is 24.3 Å². The molecular formula is C19H18N2O3. The van der Waals surface area contributed by atoms with E-state index in [1.165, 1.54) is 0 Å². The van der Waals surface area contributed by atoms with E-state index >= 15 is 0 Å². The van der Waals surface area contributed by atoms with Crippen molar-refractivity contribution in [3.63, 3.8) is 0 Å². The Morgan fingerprint density at radius 3 is 2.38 bits per heavy atom. The minimum Gasteiger partial charge on any atom is -0.461 e. The molecule has 0 amide bonds. The summed E-state index contributed by atoms with van der Waals surface area (Å²) in [4.78, 5) is 12.0. The third-order valence-corrected chi connectivity index (χ3v) is 3.73. The first-order valence-corrected chi connectivity index (χ1v) is 7.89. The lowest BCUT2D eigenvalue weighted by Crippen LogP contribution is -2.13. The predicted molar refractivity (Wildman–Crippen MR) is 89.5 cm³/mol. The molecule has 24 heavy (non-hydrogen) atoms. The van der Waals surface area contributed by atoms with E-state index in [0.717, 1.165) is 12.0 Å². The molecule has 0 radical (unpaired) electrons. The van der Waals surface area contributed by atoms with Crippen molar-refractivity contribution in [2.75, 3.05) is 6.61 Å². The topological polar surface area (TPSA) is 65.2 Å². The maximum atomic E-state index is 12.0. The van der Waals surface area contributed by atoms with Crippen LogP contribution in [0.1, 0.15) is 35.5 Å². The molecule has 0 saturated carbocycles. The summed E-state index contributed by atoms with van der Waals surface area (Å²) >= 11 is 0. The number of nitrogens with zero attached hydrogens (tertiary/aromatic N) is 2. The third-order valence-electron chi connectivity index (χ3n) is 3.73. The Kier molecular flexibility index (Phi) is 5.01. The van der Waals surface area contributed by atoms with Crippen LogP contribution in [0, 0.1) is 0 Å². The number of ether oxygens (including phenoxy) is 1. The molecule has 0 aliphatic rings. The molecule has 5 nitrogen and oxygen atoms in total. The van der Waals surface area contributed by atoms with Crippen molar-refractivity contribution < 1.29 is 13.9 Å². The Hall–Kier alpha value is -2.95. The molecule has 0 aliphatic carbocycles. The Morgan fingerprint density at radius 1 is 1.04 bits per heavy atom. The van der Waals surface area contributed by atoms with Crippen LogP contribution in [0.25, 0.3) is 11.5 Å². The third kappa shape index (κ3) is 3.68. The van der Waals surface area contributed by atoms with Crippen molar-refractivity contribution in [1.82, 2.24) is 10.2 Å². The predicted octanol–water partition coefficient (Wildman–Crippen LogP) is 4.09. The van der Waals surface area contributed by atoms with Gasteiger partial charge in [0.25, 0.3) is 0 Å². The second-order valence-corrected chi connectivity index (χ2v) is 5.38. The molecule has 0 N–H and O–H groups in total. The van der Waals surface area contributed by atoms with Gasteiger partial charge in [-0.2, -0.15) is 0 Å². The van der Waals surface area contributed by atoms with Crippen LogP contribution in [0.3, 0.4) is 0 Å². The molecule has 5 heteroatoms. The summed E-state index contributed by atoms with van der Waals surface area (Å²) in [5, 5.41) is 8.19. The highest BCUT2D eigenvalue weighted by atomic mass is 16.5. The van der Waals surface area contributed by atoms with Crippen LogP contribution < -0.4 is 0 Å². The molecule has 1 heterocycles. The van der Waals surface area contributed by atoms with E-state index < -0.39 is 0 Å². The average Bonchev–Trinajstić information content (AvgIpc) is 3.13. The zero-order chi connectivity index (χ0) is 16.8. The summed E-state index contributed by atoms with van der Waals surface area (Å²) in [5.74, 6) is 0.482. The fraction of sp³-hybridized carbons (Fsp3) is 0.211. The zero-order valence-corrected chi connectivity index (χ0v) is 13.4. The van der Waals surface area contributed by atoms with Crippen LogP contribution in [-0.4, -0.2) is 22.8 Å². The maximum Gasteiger partial charge on any atom is 0.338 e. The van der Waals surface area contributed by atoms with E-state index in [-0.39, 0.29) is 18.5 Å². The number of carbonyl (C=O) groups excluding carboxylic acids is 1. The molecule has 122 valence electrons. The number of benzene rings is 2. The number of esters is 1. The number of hydrogen-bond acceptors (Lipinski definition) is 5. The Balaban J connectivity index is 1.66. The van der Waals surface area contributed by atoms with Gasteiger partial charge in [0.15, 0.2) is 0 Å². The van der Waals surface area contributed by atoms with Gasteiger partial charge in [-0.05, 0) is 30.7 Å². The van der Waals surface area contributed by atoms with Gasteiger partial charge >= 0.3 is 5.97 Å². The van der Waals surface area contributed by atoms with Crippen LogP contribution in [0.15, 0.2) is 65.1 Å². The van der Waals surface area contributed by atoms with Gasteiger partial charge in [0.05, 0.1) is 11.5 Å². The molecule has 3 aromatic rings. The van der Waals surface area contributed by atoms with Gasteiger partial charge in [-0.15, -0.1) is 10.2 Å². The van der Waals surface area contributed by atoms with Crippen LogP contribution in [0.2, 0.25) is 0 Å². The Bertz CT molecular complexity index is 785. The number of rotatable bonds is 6. The molecule has 0 fully saturated rings.